The predicted molar refractivity (Wildman–Crippen MR) is 82.4 cm³/mol. The van der Waals surface area contributed by atoms with E-state index in [9.17, 15) is 0 Å². The van der Waals surface area contributed by atoms with Crippen LogP contribution in [0.25, 0.3) is 0 Å². The zero-order valence-corrected chi connectivity index (χ0v) is 13.0. The lowest BCUT2D eigenvalue weighted by atomic mass is 10.0. The highest BCUT2D eigenvalue weighted by Crippen LogP contribution is 2.36. The molecule has 4 nitrogen and oxygen atoms in total. The van der Waals surface area contributed by atoms with Crippen LogP contribution >= 0.6 is 0 Å². The second kappa shape index (κ2) is 5.60. The fourth-order valence-corrected chi connectivity index (χ4v) is 2.88. The maximum atomic E-state index is 5.41. The number of benzene rings is 1. The minimum atomic E-state index is 0.118. The third-order valence-corrected chi connectivity index (χ3v) is 3.92. The average Bonchev–Trinajstić information content (AvgIpc) is 3.03. The lowest BCUT2D eigenvalue weighted by Crippen LogP contribution is -2.37. The summed E-state index contributed by atoms with van der Waals surface area (Å²) in [6.45, 7) is 7.32. The Bertz CT molecular complexity index is 612. The Morgan fingerprint density at radius 1 is 1.29 bits per heavy atom. The standard InChI is InChI=1S/C17H23N3O/c1-17(2,3)18-11-10-15-19-16(20-21-15)14-9-8-12-6-4-5-7-13(12)14/h4-7,14,18H,8-11H2,1-3H3. The van der Waals surface area contributed by atoms with Crippen LogP contribution in [0.1, 0.15) is 56.0 Å². The van der Waals surface area contributed by atoms with E-state index in [1.54, 1.807) is 0 Å². The number of aryl methyl sites for hydroxylation is 1. The molecule has 0 saturated heterocycles. The van der Waals surface area contributed by atoms with Crippen molar-refractivity contribution in [2.45, 2.75) is 51.5 Å². The molecular formula is C17H23N3O. The molecule has 0 radical (unpaired) electrons. The van der Waals surface area contributed by atoms with Crippen molar-refractivity contribution in [2.75, 3.05) is 6.54 Å². The number of nitrogens with one attached hydrogen (secondary N) is 1. The molecular weight excluding hydrogens is 262 g/mol. The quantitative estimate of drug-likeness (QED) is 0.938. The molecule has 0 saturated carbocycles. The number of rotatable bonds is 4. The lowest BCUT2D eigenvalue weighted by Gasteiger charge is -2.19. The lowest BCUT2D eigenvalue weighted by molar-refractivity contribution is 0.357. The minimum absolute atomic E-state index is 0.118. The average molecular weight is 285 g/mol. The van der Waals surface area contributed by atoms with Crippen molar-refractivity contribution in [3.8, 4) is 0 Å². The van der Waals surface area contributed by atoms with Gasteiger partial charge in [0.15, 0.2) is 5.82 Å². The van der Waals surface area contributed by atoms with Gasteiger partial charge in [-0.1, -0.05) is 29.4 Å². The number of fused-ring (bicyclic) bond motifs is 1. The molecule has 0 bridgehead atoms. The molecule has 1 N–H and O–H groups in total. The van der Waals surface area contributed by atoms with Crippen molar-refractivity contribution in [3.63, 3.8) is 0 Å². The van der Waals surface area contributed by atoms with Crippen LogP contribution in [0.2, 0.25) is 0 Å². The fourth-order valence-electron chi connectivity index (χ4n) is 2.88. The first-order chi connectivity index (χ1) is 10.0. The van der Waals surface area contributed by atoms with Gasteiger partial charge >= 0.3 is 0 Å². The second-order valence-electron chi connectivity index (χ2n) is 6.76. The van der Waals surface area contributed by atoms with Crippen molar-refractivity contribution in [1.82, 2.24) is 15.5 Å². The first-order valence-corrected chi connectivity index (χ1v) is 7.68. The van der Waals surface area contributed by atoms with Crippen LogP contribution in [0.15, 0.2) is 28.8 Å². The van der Waals surface area contributed by atoms with Crippen molar-refractivity contribution in [1.29, 1.82) is 0 Å². The fraction of sp³-hybridized carbons (Fsp3) is 0.529. The van der Waals surface area contributed by atoms with Crippen molar-refractivity contribution in [3.05, 3.63) is 47.1 Å². The first-order valence-electron chi connectivity index (χ1n) is 7.68. The highest BCUT2D eigenvalue weighted by molar-refractivity contribution is 5.38. The summed E-state index contributed by atoms with van der Waals surface area (Å²) in [5, 5.41) is 7.64. The molecule has 2 aromatic rings. The number of nitrogens with zero attached hydrogens (tertiary/aromatic N) is 2. The van der Waals surface area contributed by atoms with Gasteiger partial charge in [0.1, 0.15) is 0 Å². The van der Waals surface area contributed by atoms with Crippen LogP contribution in [0.3, 0.4) is 0 Å². The van der Waals surface area contributed by atoms with Gasteiger partial charge in [-0.3, -0.25) is 0 Å². The molecule has 1 aliphatic rings. The summed E-state index contributed by atoms with van der Waals surface area (Å²) in [4.78, 5) is 4.59. The number of aromatic nitrogens is 2. The Kier molecular flexibility index (Phi) is 3.81. The molecule has 0 amide bonds. The molecule has 1 aromatic carbocycles. The van der Waals surface area contributed by atoms with Gasteiger partial charge in [0.25, 0.3) is 0 Å². The summed E-state index contributed by atoms with van der Waals surface area (Å²) in [6.07, 6.45) is 2.97. The third-order valence-electron chi connectivity index (χ3n) is 3.92. The molecule has 1 heterocycles. The molecule has 1 aromatic heterocycles. The monoisotopic (exact) mass is 285 g/mol. The minimum Gasteiger partial charge on any atom is -0.339 e. The zero-order valence-electron chi connectivity index (χ0n) is 13.0. The van der Waals surface area contributed by atoms with Crippen molar-refractivity contribution < 1.29 is 4.52 Å². The maximum absolute atomic E-state index is 5.41. The summed E-state index contributed by atoms with van der Waals surface area (Å²) in [5.41, 5.74) is 2.90. The molecule has 1 atom stereocenters. The van der Waals surface area contributed by atoms with Gasteiger partial charge in [-0.2, -0.15) is 4.98 Å². The van der Waals surface area contributed by atoms with Crippen LogP contribution in [-0.4, -0.2) is 22.2 Å². The summed E-state index contributed by atoms with van der Waals surface area (Å²) in [6, 6.07) is 8.57. The molecule has 0 aliphatic heterocycles. The number of hydrogen-bond donors (Lipinski definition) is 1. The maximum Gasteiger partial charge on any atom is 0.227 e. The summed E-state index contributed by atoms with van der Waals surface area (Å²) in [5.74, 6) is 1.87. The van der Waals surface area contributed by atoms with E-state index in [4.69, 9.17) is 4.52 Å². The Labute approximate surface area is 126 Å². The topological polar surface area (TPSA) is 51.0 Å². The molecule has 112 valence electrons. The Balaban J connectivity index is 1.66. The molecule has 21 heavy (non-hydrogen) atoms. The highest BCUT2D eigenvalue weighted by Gasteiger charge is 2.27. The molecule has 1 unspecified atom stereocenters. The van der Waals surface area contributed by atoms with Crippen LogP contribution in [0.5, 0.6) is 0 Å². The molecule has 0 fully saturated rings. The van der Waals surface area contributed by atoms with Crippen LogP contribution in [0, 0.1) is 0 Å². The van der Waals surface area contributed by atoms with E-state index in [1.165, 1.54) is 11.1 Å². The first kappa shape index (κ1) is 14.3. The molecule has 4 heteroatoms. The van der Waals surface area contributed by atoms with Crippen molar-refractivity contribution in [2.24, 2.45) is 0 Å². The summed E-state index contributed by atoms with van der Waals surface area (Å²) in [7, 11) is 0. The Hall–Kier alpha value is -1.68. The van der Waals surface area contributed by atoms with E-state index >= 15 is 0 Å². The van der Waals surface area contributed by atoms with E-state index in [2.05, 4.69) is 60.5 Å². The molecule has 1 aliphatic carbocycles. The molecule has 3 rings (SSSR count). The van der Waals surface area contributed by atoms with Gasteiger partial charge < -0.3 is 9.84 Å². The molecule has 0 spiro atoms. The predicted octanol–water partition coefficient (Wildman–Crippen LogP) is 3.08. The number of hydrogen-bond acceptors (Lipinski definition) is 4. The largest absolute Gasteiger partial charge is 0.339 e. The SMILES string of the molecule is CC(C)(C)NCCc1nc(C2CCc3ccccc32)no1. The van der Waals surface area contributed by atoms with Gasteiger partial charge in [-0.15, -0.1) is 0 Å². The highest BCUT2D eigenvalue weighted by atomic mass is 16.5. The van der Waals surface area contributed by atoms with Gasteiger partial charge in [0.05, 0.1) is 0 Å². The van der Waals surface area contributed by atoms with Crippen molar-refractivity contribution >= 4 is 0 Å². The summed E-state index contributed by atoms with van der Waals surface area (Å²) < 4.78 is 5.41. The van der Waals surface area contributed by atoms with E-state index < -0.39 is 0 Å². The Morgan fingerprint density at radius 2 is 2.10 bits per heavy atom. The van der Waals surface area contributed by atoms with E-state index in [-0.39, 0.29) is 5.54 Å². The van der Waals surface area contributed by atoms with Crippen LogP contribution < -0.4 is 5.32 Å². The van der Waals surface area contributed by atoms with E-state index in [0.717, 1.165) is 37.5 Å². The van der Waals surface area contributed by atoms with Gasteiger partial charge in [-0.05, 0) is 44.7 Å². The third kappa shape index (κ3) is 3.32. The van der Waals surface area contributed by atoms with Gasteiger partial charge in [0, 0.05) is 24.4 Å². The van der Waals surface area contributed by atoms with Crippen LogP contribution in [-0.2, 0) is 12.8 Å². The van der Waals surface area contributed by atoms with E-state index in [0.29, 0.717) is 5.92 Å². The zero-order chi connectivity index (χ0) is 14.9. The summed E-state index contributed by atoms with van der Waals surface area (Å²) >= 11 is 0. The van der Waals surface area contributed by atoms with Gasteiger partial charge in [0.2, 0.25) is 5.89 Å². The van der Waals surface area contributed by atoms with Gasteiger partial charge in [-0.25, -0.2) is 0 Å². The smallest absolute Gasteiger partial charge is 0.227 e. The van der Waals surface area contributed by atoms with Crippen LogP contribution in [0.4, 0.5) is 0 Å². The normalized spacial score (nSPS) is 18.0. The second-order valence-corrected chi connectivity index (χ2v) is 6.76. The Morgan fingerprint density at radius 3 is 2.90 bits per heavy atom. The van der Waals surface area contributed by atoms with E-state index in [1.807, 2.05) is 0 Å².